The van der Waals surface area contributed by atoms with E-state index in [0.29, 0.717) is 6.54 Å². The Morgan fingerprint density at radius 3 is 2.33 bits per heavy atom. The van der Waals surface area contributed by atoms with Crippen LogP contribution in [0.2, 0.25) is 0 Å². The van der Waals surface area contributed by atoms with Gasteiger partial charge in [-0.15, -0.1) is 0 Å². The van der Waals surface area contributed by atoms with Gasteiger partial charge in [0.15, 0.2) is 0 Å². The minimum Gasteiger partial charge on any atom is -0.337 e. The molecule has 0 unspecified atom stereocenters. The van der Waals surface area contributed by atoms with E-state index in [-0.39, 0.29) is 11.7 Å². The van der Waals surface area contributed by atoms with E-state index in [1.165, 1.54) is 23.3 Å². The lowest BCUT2D eigenvalue weighted by Crippen LogP contribution is -2.47. The van der Waals surface area contributed by atoms with Crippen molar-refractivity contribution in [3.63, 3.8) is 0 Å². The second-order valence-electron chi connectivity index (χ2n) is 7.04. The van der Waals surface area contributed by atoms with Gasteiger partial charge in [-0.05, 0) is 48.1 Å². The number of halogens is 1. The van der Waals surface area contributed by atoms with E-state index in [9.17, 15) is 9.18 Å². The molecule has 1 heterocycles. The fraction of sp³-hybridized carbons (Fsp3) is 0.381. The third kappa shape index (κ3) is 2.52. The Balaban J connectivity index is 1.65. The Kier molecular flexibility index (Phi) is 3.87. The Labute approximate surface area is 142 Å². The van der Waals surface area contributed by atoms with Crippen molar-refractivity contribution < 1.29 is 9.18 Å². The topological polar surface area (TPSA) is 20.3 Å². The van der Waals surface area contributed by atoms with Crippen LogP contribution in [0.15, 0.2) is 48.5 Å². The highest BCUT2D eigenvalue weighted by Gasteiger charge is 2.45. The molecule has 0 aromatic heterocycles. The summed E-state index contributed by atoms with van der Waals surface area (Å²) in [6.07, 6.45) is 4.79. The molecule has 0 radical (unpaired) electrons. The zero-order valence-electron chi connectivity index (χ0n) is 13.8. The first-order valence-electron chi connectivity index (χ1n) is 8.81. The minimum absolute atomic E-state index is 0.223. The number of carbonyl (C=O) groups is 1. The summed E-state index contributed by atoms with van der Waals surface area (Å²) in [6.45, 7) is 1.47. The molecule has 1 amide bonds. The molecule has 0 saturated heterocycles. The lowest BCUT2D eigenvalue weighted by molar-refractivity contribution is -0.138. The Morgan fingerprint density at radius 2 is 1.62 bits per heavy atom. The van der Waals surface area contributed by atoms with Crippen LogP contribution in [0.1, 0.15) is 42.4 Å². The molecule has 0 bridgehead atoms. The highest BCUT2D eigenvalue weighted by Crippen LogP contribution is 2.43. The standard InChI is InChI=1S/C21H22FNO/c22-19-9-7-18(8-10-19)21(12-3-4-13-21)20(24)23-14-11-16-5-1-2-6-17(16)15-23/h1-2,5-10H,3-4,11-15H2. The van der Waals surface area contributed by atoms with Gasteiger partial charge in [0.2, 0.25) is 5.91 Å². The van der Waals surface area contributed by atoms with Crippen molar-refractivity contribution in [3.05, 3.63) is 71.0 Å². The van der Waals surface area contributed by atoms with Crippen LogP contribution in [0, 0.1) is 5.82 Å². The number of fused-ring (bicyclic) bond motifs is 1. The minimum atomic E-state index is -0.458. The molecular weight excluding hydrogens is 301 g/mol. The van der Waals surface area contributed by atoms with Crippen molar-refractivity contribution in [3.8, 4) is 0 Å². The maximum Gasteiger partial charge on any atom is 0.233 e. The summed E-state index contributed by atoms with van der Waals surface area (Å²) in [4.78, 5) is 15.5. The van der Waals surface area contributed by atoms with Gasteiger partial charge in [0.1, 0.15) is 5.82 Å². The lowest BCUT2D eigenvalue weighted by atomic mass is 9.77. The normalized spacial score (nSPS) is 19.1. The fourth-order valence-corrected chi connectivity index (χ4v) is 4.35. The molecular formula is C21H22FNO. The zero-order chi connectivity index (χ0) is 16.6. The largest absolute Gasteiger partial charge is 0.337 e. The Hall–Kier alpha value is -2.16. The molecule has 0 atom stereocenters. The number of hydrogen-bond acceptors (Lipinski definition) is 1. The third-order valence-corrected chi connectivity index (χ3v) is 5.68. The number of nitrogens with zero attached hydrogens (tertiary/aromatic N) is 1. The summed E-state index contributed by atoms with van der Waals surface area (Å²) >= 11 is 0. The second kappa shape index (κ2) is 6.04. The number of carbonyl (C=O) groups excluding carboxylic acids is 1. The smallest absolute Gasteiger partial charge is 0.233 e. The van der Waals surface area contributed by atoms with E-state index in [4.69, 9.17) is 0 Å². The third-order valence-electron chi connectivity index (χ3n) is 5.68. The fourth-order valence-electron chi connectivity index (χ4n) is 4.35. The highest BCUT2D eigenvalue weighted by molar-refractivity contribution is 5.89. The number of rotatable bonds is 2. The van der Waals surface area contributed by atoms with Gasteiger partial charge in [-0.25, -0.2) is 4.39 Å². The summed E-state index contributed by atoms with van der Waals surface area (Å²) in [7, 11) is 0. The van der Waals surface area contributed by atoms with Gasteiger partial charge in [-0.1, -0.05) is 49.2 Å². The molecule has 1 aliphatic carbocycles. The van der Waals surface area contributed by atoms with Crippen molar-refractivity contribution in [2.24, 2.45) is 0 Å². The van der Waals surface area contributed by atoms with Gasteiger partial charge < -0.3 is 4.90 Å². The Morgan fingerprint density at radius 1 is 0.958 bits per heavy atom. The first-order chi connectivity index (χ1) is 11.7. The van der Waals surface area contributed by atoms with Gasteiger partial charge in [0, 0.05) is 13.1 Å². The van der Waals surface area contributed by atoms with E-state index in [1.54, 1.807) is 12.1 Å². The van der Waals surface area contributed by atoms with Gasteiger partial charge in [-0.3, -0.25) is 4.79 Å². The van der Waals surface area contributed by atoms with Crippen LogP contribution in [0.3, 0.4) is 0 Å². The van der Waals surface area contributed by atoms with E-state index < -0.39 is 5.41 Å². The summed E-state index contributed by atoms with van der Waals surface area (Å²) in [5.74, 6) is -0.0210. The molecule has 1 fully saturated rings. The van der Waals surface area contributed by atoms with E-state index in [2.05, 4.69) is 18.2 Å². The average Bonchev–Trinajstić information content (AvgIpc) is 3.12. The van der Waals surface area contributed by atoms with Crippen LogP contribution in [0.4, 0.5) is 4.39 Å². The molecule has 2 aromatic carbocycles. The van der Waals surface area contributed by atoms with Crippen molar-refractivity contribution in [1.29, 1.82) is 0 Å². The molecule has 4 rings (SSSR count). The number of benzene rings is 2. The van der Waals surface area contributed by atoms with Crippen LogP contribution >= 0.6 is 0 Å². The Bertz CT molecular complexity index is 747. The highest BCUT2D eigenvalue weighted by atomic mass is 19.1. The van der Waals surface area contributed by atoms with Gasteiger partial charge in [0.25, 0.3) is 0 Å². The van der Waals surface area contributed by atoms with Gasteiger partial charge in [0.05, 0.1) is 5.41 Å². The number of hydrogen-bond donors (Lipinski definition) is 0. The predicted molar refractivity (Wildman–Crippen MR) is 92.1 cm³/mol. The van der Waals surface area contributed by atoms with E-state index in [0.717, 1.165) is 44.2 Å². The second-order valence-corrected chi connectivity index (χ2v) is 7.04. The molecule has 0 spiro atoms. The van der Waals surface area contributed by atoms with Gasteiger partial charge in [-0.2, -0.15) is 0 Å². The molecule has 3 heteroatoms. The molecule has 2 aromatic rings. The molecule has 1 saturated carbocycles. The van der Waals surface area contributed by atoms with Crippen molar-refractivity contribution in [1.82, 2.24) is 4.90 Å². The predicted octanol–water partition coefficient (Wildman–Crippen LogP) is 4.22. The van der Waals surface area contributed by atoms with Crippen LogP contribution in [0.5, 0.6) is 0 Å². The maximum atomic E-state index is 13.4. The monoisotopic (exact) mass is 323 g/mol. The number of amides is 1. The average molecular weight is 323 g/mol. The summed E-state index contributed by atoms with van der Waals surface area (Å²) in [5.41, 5.74) is 3.12. The maximum absolute atomic E-state index is 13.4. The molecule has 0 N–H and O–H groups in total. The van der Waals surface area contributed by atoms with Crippen LogP contribution < -0.4 is 0 Å². The quantitative estimate of drug-likeness (QED) is 0.810. The van der Waals surface area contributed by atoms with Crippen LogP contribution in [0.25, 0.3) is 0 Å². The first kappa shape index (κ1) is 15.4. The van der Waals surface area contributed by atoms with E-state index >= 15 is 0 Å². The molecule has 24 heavy (non-hydrogen) atoms. The summed E-state index contributed by atoms with van der Waals surface area (Å²) in [6, 6.07) is 14.9. The molecule has 2 aliphatic rings. The summed E-state index contributed by atoms with van der Waals surface area (Å²) < 4.78 is 13.3. The first-order valence-corrected chi connectivity index (χ1v) is 8.81. The van der Waals surface area contributed by atoms with E-state index in [1.807, 2.05) is 11.0 Å². The molecule has 124 valence electrons. The molecule has 2 nitrogen and oxygen atoms in total. The SMILES string of the molecule is O=C(N1CCc2ccccc2C1)C1(c2ccc(F)cc2)CCCC1. The van der Waals surface area contributed by atoms with Crippen LogP contribution in [-0.4, -0.2) is 17.4 Å². The lowest BCUT2D eigenvalue weighted by Gasteiger charge is -2.37. The summed E-state index contributed by atoms with van der Waals surface area (Å²) in [5, 5.41) is 0. The van der Waals surface area contributed by atoms with Crippen molar-refractivity contribution in [2.75, 3.05) is 6.54 Å². The van der Waals surface area contributed by atoms with Crippen molar-refractivity contribution in [2.45, 2.75) is 44.1 Å². The van der Waals surface area contributed by atoms with Crippen molar-refractivity contribution >= 4 is 5.91 Å². The molecule has 1 aliphatic heterocycles. The van der Waals surface area contributed by atoms with Crippen LogP contribution in [-0.2, 0) is 23.2 Å². The van der Waals surface area contributed by atoms with Gasteiger partial charge >= 0.3 is 0 Å². The zero-order valence-corrected chi connectivity index (χ0v) is 13.8.